The lowest BCUT2D eigenvalue weighted by molar-refractivity contribution is 0.0981. The summed E-state index contributed by atoms with van der Waals surface area (Å²) < 4.78 is 30.8. The number of para-hydroxylation sites is 2. The van der Waals surface area contributed by atoms with Crippen LogP contribution in [0.2, 0.25) is 0 Å². The Hall–Kier alpha value is -2.65. The van der Waals surface area contributed by atoms with Crippen molar-refractivity contribution in [3.63, 3.8) is 0 Å². The van der Waals surface area contributed by atoms with E-state index >= 15 is 0 Å². The zero-order valence-electron chi connectivity index (χ0n) is 15.6. The van der Waals surface area contributed by atoms with E-state index in [-0.39, 0.29) is 10.8 Å². The van der Waals surface area contributed by atoms with E-state index in [2.05, 4.69) is 4.98 Å². The van der Waals surface area contributed by atoms with Gasteiger partial charge >= 0.3 is 0 Å². The maximum absolute atomic E-state index is 13.2. The normalized spacial score (nSPS) is 17.5. The van der Waals surface area contributed by atoms with Gasteiger partial charge in [-0.05, 0) is 31.0 Å². The van der Waals surface area contributed by atoms with Crippen LogP contribution in [0, 0.1) is 0 Å². The minimum Gasteiger partial charge on any atom is -0.345 e. The summed E-state index contributed by atoms with van der Waals surface area (Å²) in [5.41, 5.74) is 2.19. The molecule has 1 saturated heterocycles. The van der Waals surface area contributed by atoms with Crippen LogP contribution in [0.1, 0.15) is 23.3 Å². The number of aromatic nitrogens is 3. The van der Waals surface area contributed by atoms with Crippen LogP contribution in [0.4, 0.5) is 5.95 Å². The Morgan fingerprint density at radius 1 is 1.07 bits per heavy atom. The summed E-state index contributed by atoms with van der Waals surface area (Å²) in [6.45, 7) is 2.27. The van der Waals surface area contributed by atoms with Crippen LogP contribution in [0.3, 0.4) is 0 Å². The molecule has 5 rings (SSSR count). The van der Waals surface area contributed by atoms with Gasteiger partial charge in [-0.25, -0.2) is 13.4 Å². The highest BCUT2D eigenvalue weighted by Crippen LogP contribution is 2.29. The Labute approximate surface area is 163 Å². The van der Waals surface area contributed by atoms with Crippen molar-refractivity contribution in [3.05, 3.63) is 42.2 Å². The lowest BCUT2D eigenvalue weighted by Gasteiger charge is -2.14. The van der Waals surface area contributed by atoms with Gasteiger partial charge < -0.3 is 9.13 Å². The van der Waals surface area contributed by atoms with E-state index in [0.29, 0.717) is 37.8 Å². The predicted molar refractivity (Wildman–Crippen MR) is 105 cm³/mol. The number of rotatable bonds is 3. The van der Waals surface area contributed by atoms with Crippen molar-refractivity contribution in [3.8, 4) is 0 Å². The smallest absolute Gasteiger partial charge is 0.277 e. The molecule has 1 aromatic carbocycles. The Balaban J connectivity index is 1.50. The minimum atomic E-state index is -3.56. The van der Waals surface area contributed by atoms with Crippen molar-refractivity contribution in [2.75, 3.05) is 24.5 Å². The predicted octanol–water partition coefficient (Wildman–Crippen LogP) is 1.82. The van der Waals surface area contributed by atoms with E-state index in [1.54, 1.807) is 16.5 Å². The molecule has 0 aliphatic carbocycles. The number of amides is 1. The molecule has 0 bridgehead atoms. The van der Waals surface area contributed by atoms with Gasteiger partial charge in [0.2, 0.25) is 16.0 Å². The lowest BCUT2D eigenvalue weighted by Crippen LogP contribution is -2.31. The molecule has 0 saturated carbocycles. The monoisotopic (exact) mass is 399 g/mol. The van der Waals surface area contributed by atoms with Gasteiger partial charge in [0.15, 0.2) is 0 Å². The van der Waals surface area contributed by atoms with Crippen molar-refractivity contribution in [2.24, 2.45) is 7.05 Å². The zero-order chi connectivity index (χ0) is 19.5. The summed E-state index contributed by atoms with van der Waals surface area (Å²) in [5, 5.41) is 0. The highest BCUT2D eigenvalue weighted by Gasteiger charge is 2.33. The molecule has 9 heteroatoms. The van der Waals surface area contributed by atoms with Gasteiger partial charge in [-0.15, -0.1) is 0 Å². The van der Waals surface area contributed by atoms with Crippen LogP contribution in [-0.2, 0) is 23.6 Å². The standard InChI is InChI=1S/C19H21N5O3S/c1-21-13-14(28(26,27)22-8-4-5-9-22)12-17(21)18(25)24-11-10-23-16-7-3-2-6-15(16)20-19(23)24/h2-3,6-7,12-13H,4-5,8-11H2,1H3. The first-order valence-electron chi connectivity index (χ1n) is 9.40. The average molecular weight is 399 g/mol. The van der Waals surface area contributed by atoms with Crippen molar-refractivity contribution in [2.45, 2.75) is 24.3 Å². The summed E-state index contributed by atoms with van der Waals surface area (Å²) in [5.74, 6) is 0.371. The molecule has 8 nitrogen and oxygen atoms in total. The van der Waals surface area contributed by atoms with Gasteiger partial charge in [0.1, 0.15) is 10.6 Å². The second kappa shape index (κ2) is 6.18. The first-order valence-corrected chi connectivity index (χ1v) is 10.8. The largest absolute Gasteiger partial charge is 0.345 e. The maximum Gasteiger partial charge on any atom is 0.277 e. The highest BCUT2D eigenvalue weighted by molar-refractivity contribution is 7.89. The SMILES string of the molecule is Cn1cc(S(=O)(=O)N2CCCC2)cc1C(=O)N1CCn2c1nc1ccccc12. The number of carbonyl (C=O) groups excluding carboxylic acids is 1. The summed E-state index contributed by atoms with van der Waals surface area (Å²) in [7, 11) is -1.85. The third-order valence-corrected chi connectivity index (χ3v) is 7.43. The molecule has 2 aliphatic rings. The number of sulfonamides is 1. The Kier molecular flexibility index (Phi) is 3.85. The zero-order valence-corrected chi connectivity index (χ0v) is 16.4. The molecule has 0 radical (unpaired) electrons. The van der Waals surface area contributed by atoms with E-state index in [9.17, 15) is 13.2 Å². The van der Waals surface area contributed by atoms with Gasteiger partial charge in [0.05, 0.1) is 11.0 Å². The molecule has 2 aliphatic heterocycles. The molecule has 0 N–H and O–H groups in total. The molecule has 0 atom stereocenters. The van der Waals surface area contributed by atoms with Crippen LogP contribution in [-0.4, -0.2) is 52.4 Å². The number of hydrogen-bond donors (Lipinski definition) is 0. The third-order valence-electron chi connectivity index (χ3n) is 5.57. The van der Waals surface area contributed by atoms with E-state index in [1.807, 2.05) is 28.8 Å². The van der Waals surface area contributed by atoms with E-state index in [1.165, 1.54) is 16.6 Å². The molecule has 1 fully saturated rings. The number of carbonyl (C=O) groups is 1. The number of benzene rings is 1. The number of nitrogens with zero attached hydrogens (tertiary/aromatic N) is 5. The van der Waals surface area contributed by atoms with Crippen molar-refractivity contribution >= 4 is 32.9 Å². The molecule has 3 aromatic rings. The van der Waals surface area contributed by atoms with E-state index in [4.69, 9.17) is 0 Å². The second-order valence-corrected chi connectivity index (χ2v) is 9.23. The maximum atomic E-state index is 13.2. The van der Waals surface area contributed by atoms with Crippen LogP contribution in [0.25, 0.3) is 11.0 Å². The first-order chi connectivity index (χ1) is 13.5. The molecular weight excluding hydrogens is 378 g/mol. The number of fused-ring (bicyclic) bond motifs is 3. The van der Waals surface area contributed by atoms with Crippen molar-refractivity contribution in [1.82, 2.24) is 18.4 Å². The molecule has 28 heavy (non-hydrogen) atoms. The third kappa shape index (κ3) is 2.50. The van der Waals surface area contributed by atoms with Crippen molar-refractivity contribution in [1.29, 1.82) is 0 Å². The average Bonchev–Trinajstić information content (AvgIpc) is 3.44. The molecule has 0 spiro atoms. The first kappa shape index (κ1) is 17.4. The summed E-state index contributed by atoms with van der Waals surface area (Å²) in [6.07, 6.45) is 3.28. The van der Waals surface area contributed by atoms with E-state index < -0.39 is 10.0 Å². The van der Waals surface area contributed by atoms with Crippen LogP contribution in [0.5, 0.6) is 0 Å². The van der Waals surface area contributed by atoms with Gasteiger partial charge in [-0.1, -0.05) is 12.1 Å². The summed E-state index contributed by atoms with van der Waals surface area (Å²) in [6, 6.07) is 9.27. The van der Waals surface area contributed by atoms with Gasteiger partial charge in [-0.2, -0.15) is 4.31 Å². The summed E-state index contributed by atoms with van der Waals surface area (Å²) in [4.78, 5) is 19.6. The van der Waals surface area contributed by atoms with Crippen LogP contribution >= 0.6 is 0 Å². The second-order valence-electron chi connectivity index (χ2n) is 7.29. The quantitative estimate of drug-likeness (QED) is 0.673. The number of anilines is 1. The molecule has 2 aromatic heterocycles. The molecule has 1 amide bonds. The fraction of sp³-hybridized carbons (Fsp3) is 0.368. The van der Waals surface area contributed by atoms with Gasteiger partial charge in [-0.3, -0.25) is 9.69 Å². The molecule has 0 unspecified atom stereocenters. The van der Waals surface area contributed by atoms with Crippen molar-refractivity contribution < 1.29 is 13.2 Å². The Morgan fingerprint density at radius 2 is 1.82 bits per heavy atom. The van der Waals surface area contributed by atoms with Gasteiger partial charge in [0, 0.05) is 39.4 Å². The number of hydrogen-bond acceptors (Lipinski definition) is 4. The summed E-state index contributed by atoms with van der Waals surface area (Å²) >= 11 is 0. The topological polar surface area (TPSA) is 80.4 Å². The van der Waals surface area contributed by atoms with E-state index in [0.717, 1.165) is 23.9 Å². The fourth-order valence-corrected chi connectivity index (χ4v) is 5.67. The van der Waals surface area contributed by atoms with Crippen LogP contribution < -0.4 is 4.90 Å². The minimum absolute atomic E-state index is 0.174. The van der Waals surface area contributed by atoms with Crippen LogP contribution in [0.15, 0.2) is 41.4 Å². The number of imidazole rings is 1. The lowest BCUT2D eigenvalue weighted by atomic mass is 10.3. The Bertz CT molecular complexity index is 1190. The number of aryl methyl sites for hydroxylation is 1. The molecule has 4 heterocycles. The van der Waals surface area contributed by atoms with Gasteiger partial charge in [0.25, 0.3) is 5.91 Å². The molecule has 146 valence electrons. The molecular formula is C19H21N5O3S. The fourth-order valence-electron chi connectivity index (χ4n) is 4.09. The highest BCUT2D eigenvalue weighted by atomic mass is 32.2. The Morgan fingerprint density at radius 3 is 2.61 bits per heavy atom.